The largest absolute Gasteiger partial charge is 0.381 e. The fourth-order valence-corrected chi connectivity index (χ4v) is 3.01. The van der Waals surface area contributed by atoms with E-state index in [4.69, 9.17) is 4.74 Å². The molecule has 0 saturated carbocycles. The van der Waals surface area contributed by atoms with E-state index in [2.05, 4.69) is 21.2 Å². The molecule has 0 aromatic heterocycles. The summed E-state index contributed by atoms with van der Waals surface area (Å²) in [6, 6.07) is 7.56. The molecule has 0 aliphatic carbocycles. The topological polar surface area (TPSA) is 58.6 Å². The molecule has 2 rings (SSSR count). The number of nitrogens with one attached hydrogen (secondary N) is 1. The third-order valence-electron chi connectivity index (χ3n) is 3.75. The van der Waals surface area contributed by atoms with Crippen molar-refractivity contribution in [2.45, 2.75) is 19.8 Å². The lowest BCUT2D eigenvalue weighted by molar-refractivity contribution is -0.127. The van der Waals surface area contributed by atoms with Gasteiger partial charge in [-0.15, -0.1) is 0 Å². The second-order valence-corrected chi connectivity index (χ2v) is 6.15. The molecule has 0 atom stereocenters. The number of para-hydroxylation sites is 1. The Bertz CT molecular complexity index is 530. The van der Waals surface area contributed by atoms with Gasteiger partial charge in [0, 0.05) is 43.6 Å². The molecule has 22 heavy (non-hydrogen) atoms. The van der Waals surface area contributed by atoms with Crippen LogP contribution in [-0.2, 0) is 14.3 Å². The molecule has 1 heterocycles. The first-order valence-electron chi connectivity index (χ1n) is 7.47. The van der Waals surface area contributed by atoms with Gasteiger partial charge in [0.2, 0.25) is 11.8 Å². The first kappa shape index (κ1) is 17.0. The Morgan fingerprint density at radius 1 is 1.32 bits per heavy atom. The van der Waals surface area contributed by atoms with Crippen LogP contribution in [0.5, 0.6) is 0 Å². The van der Waals surface area contributed by atoms with Crippen LogP contribution in [0.15, 0.2) is 28.7 Å². The number of nitrogens with zero attached hydrogens (tertiary/aromatic N) is 1. The molecule has 0 radical (unpaired) electrons. The average molecular weight is 369 g/mol. The quantitative estimate of drug-likeness (QED) is 0.867. The number of hydrogen-bond donors (Lipinski definition) is 1. The SMILES string of the molecule is CC(=O)N(CCNC(=O)C1CCOCC1)c1ccccc1Br. The van der Waals surface area contributed by atoms with Crippen molar-refractivity contribution in [1.82, 2.24) is 5.32 Å². The van der Waals surface area contributed by atoms with Crippen molar-refractivity contribution in [2.75, 3.05) is 31.2 Å². The van der Waals surface area contributed by atoms with E-state index in [1.165, 1.54) is 6.92 Å². The van der Waals surface area contributed by atoms with E-state index in [-0.39, 0.29) is 17.7 Å². The first-order valence-corrected chi connectivity index (χ1v) is 8.27. The molecular formula is C16H21BrN2O3. The summed E-state index contributed by atoms with van der Waals surface area (Å²) in [5.74, 6) is 0.0362. The van der Waals surface area contributed by atoms with Crippen LogP contribution < -0.4 is 10.2 Å². The summed E-state index contributed by atoms with van der Waals surface area (Å²) in [6.07, 6.45) is 1.54. The van der Waals surface area contributed by atoms with Gasteiger partial charge in [-0.05, 0) is 40.9 Å². The standard InChI is InChI=1S/C16H21BrN2O3/c1-12(20)19(15-5-3-2-4-14(15)17)9-8-18-16(21)13-6-10-22-11-7-13/h2-5,13H,6-11H2,1H3,(H,18,21). The van der Waals surface area contributed by atoms with Crippen molar-refractivity contribution in [3.8, 4) is 0 Å². The van der Waals surface area contributed by atoms with Gasteiger partial charge in [-0.3, -0.25) is 9.59 Å². The van der Waals surface area contributed by atoms with Crippen molar-refractivity contribution in [1.29, 1.82) is 0 Å². The number of anilines is 1. The van der Waals surface area contributed by atoms with Gasteiger partial charge >= 0.3 is 0 Å². The number of carbonyl (C=O) groups is 2. The van der Waals surface area contributed by atoms with Crippen molar-refractivity contribution in [3.63, 3.8) is 0 Å². The van der Waals surface area contributed by atoms with Gasteiger partial charge in [0.1, 0.15) is 0 Å². The molecule has 1 aliphatic heterocycles. The summed E-state index contributed by atoms with van der Waals surface area (Å²) >= 11 is 3.45. The number of halogens is 1. The third kappa shape index (κ3) is 4.55. The molecule has 0 bridgehead atoms. The lowest BCUT2D eigenvalue weighted by Gasteiger charge is -2.24. The highest BCUT2D eigenvalue weighted by Gasteiger charge is 2.21. The number of benzene rings is 1. The summed E-state index contributed by atoms with van der Waals surface area (Å²) in [5, 5.41) is 2.92. The second-order valence-electron chi connectivity index (χ2n) is 5.30. The number of carbonyl (C=O) groups excluding carboxylic acids is 2. The molecule has 1 saturated heterocycles. The summed E-state index contributed by atoms with van der Waals surface area (Å²) < 4.78 is 6.12. The molecule has 0 unspecified atom stereocenters. The smallest absolute Gasteiger partial charge is 0.223 e. The van der Waals surface area contributed by atoms with Crippen LogP contribution in [0.1, 0.15) is 19.8 Å². The Labute approximate surface area is 139 Å². The highest BCUT2D eigenvalue weighted by atomic mass is 79.9. The summed E-state index contributed by atoms with van der Waals surface area (Å²) in [5.41, 5.74) is 0.815. The summed E-state index contributed by atoms with van der Waals surface area (Å²) in [4.78, 5) is 25.6. The average Bonchev–Trinajstić information content (AvgIpc) is 2.53. The van der Waals surface area contributed by atoms with Gasteiger partial charge in [0.25, 0.3) is 0 Å². The number of amides is 2. The Balaban J connectivity index is 1.88. The molecule has 2 amide bonds. The summed E-state index contributed by atoms with van der Waals surface area (Å²) in [7, 11) is 0. The lowest BCUT2D eigenvalue weighted by Crippen LogP contribution is -2.40. The molecule has 120 valence electrons. The van der Waals surface area contributed by atoms with Crippen LogP contribution in [0.2, 0.25) is 0 Å². The molecule has 1 aromatic rings. The van der Waals surface area contributed by atoms with E-state index < -0.39 is 0 Å². The maximum absolute atomic E-state index is 12.1. The van der Waals surface area contributed by atoms with Gasteiger partial charge in [0.15, 0.2) is 0 Å². The Morgan fingerprint density at radius 3 is 2.64 bits per heavy atom. The van der Waals surface area contributed by atoms with Crippen molar-refractivity contribution < 1.29 is 14.3 Å². The number of rotatable bonds is 5. The van der Waals surface area contributed by atoms with Gasteiger partial charge in [-0.25, -0.2) is 0 Å². The van der Waals surface area contributed by atoms with Crippen molar-refractivity contribution in [3.05, 3.63) is 28.7 Å². The highest BCUT2D eigenvalue weighted by molar-refractivity contribution is 9.10. The maximum Gasteiger partial charge on any atom is 0.223 e. The zero-order chi connectivity index (χ0) is 15.9. The van der Waals surface area contributed by atoms with Crippen LogP contribution in [0.4, 0.5) is 5.69 Å². The van der Waals surface area contributed by atoms with Crippen LogP contribution in [0.3, 0.4) is 0 Å². The third-order valence-corrected chi connectivity index (χ3v) is 4.42. The molecule has 1 aromatic carbocycles. The zero-order valence-electron chi connectivity index (χ0n) is 12.7. The van der Waals surface area contributed by atoms with Gasteiger partial charge in [-0.1, -0.05) is 12.1 Å². The zero-order valence-corrected chi connectivity index (χ0v) is 14.3. The van der Waals surface area contributed by atoms with Crippen LogP contribution in [0, 0.1) is 5.92 Å². The minimum Gasteiger partial charge on any atom is -0.381 e. The van der Waals surface area contributed by atoms with Crippen LogP contribution in [0.25, 0.3) is 0 Å². The Morgan fingerprint density at radius 2 is 2.00 bits per heavy atom. The molecule has 1 fully saturated rings. The number of hydrogen-bond acceptors (Lipinski definition) is 3. The lowest BCUT2D eigenvalue weighted by atomic mass is 9.99. The highest BCUT2D eigenvalue weighted by Crippen LogP contribution is 2.25. The van der Waals surface area contributed by atoms with Crippen molar-refractivity contribution in [2.24, 2.45) is 5.92 Å². The molecule has 1 aliphatic rings. The van der Waals surface area contributed by atoms with E-state index >= 15 is 0 Å². The first-order chi connectivity index (χ1) is 10.6. The number of ether oxygens (including phenoxy) is 1. The fourth-order valence-electron chi connectivity index (χ4n) is 2.51. The van der Waals surface area contributed by atoms with Gasteiger partial charge < -0.3 is 15.0 Å². The Hall–Kier alpha value is -1.40. The van der Waals surface area contributed by atoms with Crippen LogP contribution >= 0.6 is 15.9 Å². The molecular weight excluding hydrogens is 348 g/mol. The minimum absolute atomic E-state index is 0.0305. The van der Waals surface area contributed by atoms with E-state index in [0.717, 1.165) is 23.0 Å². The van der Waals surface area contributed by atoms with Gasteiger partial charge in [-0.2, -0.15) is 0 Å². The second kappa shape index (κ2) is 8.29. The minimum atomic E-state index is -0.0489. The maximum atomic E-state index is 12.1. The van der Waals surface area contributed by atoms with E-state index in [1.807, 2.05) is 24.3 Å². The summed E-state index contributed by atoms with van der Waals surface area (Å²) in [6.45, 7) is 3.72. The predicted molar refractivity (Wildman–Crippen MR) is 88.7 cm³/mol. The molecule has 0 spiro atoms. The van der Waals surface area contributed by atoms with E-state index in [0.29, 0.717) is 26.3 Å². The molecule has 1 N–H and O–H groups in total. The van der Waals surface area contributed by atoms with Crippen molar-refractivity contribution >= 4 is 33.4 Å². The molecule has 5 nitrogen and oxygen atoms in total. The monoisotopic (exact) mass is 368 g/mol. The van der Waals surface area contributed by atoms with Crippen LogP contribution in [-0.4, -0.2) is 38.1 Å². The van der Waals surface area contributed by atoms with E-state index in [9.17, 15) is 9.59 Å². The predicted octanol–water partition coefficient (Wildman–Crippen LogP) is 2.34. The normalized spacial score (nSPS) is 15.4. The fraction of sp³-hybridized carbons (Fsp3) is 0.500. The Kier molecular flexibility index (Phi) is 6.39. The van der Waals surface area contributed by atoms with Gasteiger partial charge in [0.05, 0.1) is 5.69 Å². The molecule has 6 heteroatoms. The van der Waals surface area contributed by atoms with E-state index in [1.54, 1.807) is 4.90 Å².